The van der Waals surface area contributed by atoms with Crippen molar-refractivity contribution in [3.63, 3.8) is 0 Å². The van der Waals surface area contributed by atoms with E-state index in [0.717, 1.165) is 27.5 Å². The van der Waals surface area contributed by atoms with Crippen LogP contribution in [0.15, 0.2) is 59.4 Å². The van der Waals surface area contributed by atoms with Crippen molar-refractivity contribution in [3.8, 4) is 11.4 Å². The number of fused-ring (bicyclic) bond motifs is 2. The molecule has 4 rings (SSSR count). The standard InChI is InChI=1S/C16H11N3O/c20-16-18-13-8-4-2-6-11(13)15(19-16)14-9-10-5-1-3-7-12(10)17-14/h1-9,17H,(H,18,19,20). The first kappa shape index (κ1) is 11.0. The molecule has 0 atom stereocenters. The largest absolute Gasteiger partial charge is 0.353 e. The van der Waals surface area contributed by atoms with E-state index in [2.05, 4.69) is 15.0 Å². The maximum atomic E-state index is 11.7. The van der Waals surface area contributed by atoms with Crippen LogP contribution in [-0.2, 0) is 0 Å². The van der Waals surface area contributed by atoms with Crippen LogP contribution in [0.25, 0.3) is 33.2 Å². The third-order valence-corrected chi connectivity index (χ3v) is 3.42. The van der Waals surface area contributed by atoms with Crippen molar-refractivity contribution in [3.05, 3.63) is 65.1 Å². The van der Waals surface area contributed by atoms with E-state index in [1.54, 1.807) is 0 Å². The highest BCUT2D eigenvalue weighted by Gasteiger charge is 2.09. The molecule has 20 heavy (non-hydrogen) atoms. The average molecular weight is 261 g/mol. The van der Waals surface area contributed by atoms with E-state index in [-0.39, 0.29) is 5.69 Å². The summed E-state index contributed by atoms with van der Waals surface area (Å²) in [7, 11) is 0. The fourth-order valence-corrected chi connectivity index (χ4v) is 2.51. The van der Waals surface area contributed by atoms with Gasteiger partial charge in [0.15, 0.2) is 0 Å². The number of nitrogens with zero attached hydrogens (tertiary/aromatic N) is 1. The molecular formula is C16H11N3O. The number of aromatic nitrogens is 3. The molecule has 0 aliphatic carbocycles. The highest BCUT2D eigenvalue weighted by Crippen LogP contribution is 2.26. The van der Waals surface area contributed by atoms with Crippen LogP contribution in [0.5, 0.6) is 0 Å². The lowest BCUT2D eigenvalue weighted by atomic mass is 10.1. The van der Waals surface area contributed by atoms with Gasteiger partial charge < -0.3 is 9.97 Å². The summed E-state index contributed by atoms with van der Waals surface area (Å²) < 4.78 is 0. The van der Waals surface area contributed by atoms with Gasteiger partial charge in [-0.25, -0.2) is 4.79 Å². The Hall–Kier alpha value is -2.88. The van der Waals surface area contributed by atoms with Gasteiger partial charge in [-0.2, -0.15) is 4.98 Å². The average Bonchev–Trinajstić information content (AvgIpc) is 2.90. The van der Waals surface area contributed by atoms with Gasteiger partial charge in [-0.3, -0.25) is 0 Å². The van der Waals surface area contributed by atoms with Crippen LogP contribution in [0.3, 0.4) is 0 Å². The van der Waals surface area contributed by atoms with Crippen LogP contribution in [0.1, 0.15) is 0 Å². The Balaban J connectivity index is 2.08. The number of para-hydroxylation sites is 2. The first-order valence-corrected chi connectivity index (χ1v) is 6.38. The summed E-state index contributed by atoms with van der Waals surface area (Å²) in [4.78, 5) is 21.9. The fourth-order valence-electron chi connectivity index (χ4n) is 2.51. The highest BCUT2D eigenvalue weighted by atomic mass is 16.1. The molecule has 96 valence electrons. The number of hydrogen-bond acceptors (Lipinski definition) is 2. The zero-order valence-corrected chi connectivity index (χ0v) is 10.6. The van der Waals surface area contributed by atoms with Gasteiger partial charge in [0.25, 0.3) is 0 Å². The van der Waals surface area contributed by atoms with Gasteiger partial charge in [0.1, 0.15) is 5.69 Å². The summed E-state index contributed by atoms with van der Waals surface area (Å²) in [5.41, 5.74) is 3.03. The molecule has 4 nitrogen and oxygen atoms in total. The van der Waals surface area contributed by atoms with Crippen molar-refractivity contribution in [2.45, 2.75) is 0 Å². The second kappa shape index (κ2) is 4.06. The van der Waals surface area contributed by atoms with E-state index >= 15 is 0 Å². The van der Waals surface area contributed by atoms with Gasteiger partial charge in [0.2, 0.25) is 0 Å². The van der Waals surface area contributed by atoms with Gasteiger partial charge in [-0.05, 0) is 18.2 Å². The SMILES string of the molecule is O=c1nc(-c2cc3ccccc3[nH]2)c2ccccc2[nH]1. The van der Waals surface area contributed by atoms with Crippen molar-refractivity contribution < 1.29 is 0 Å². The summed E-state index contributed by atoms with van der Waals surface area (Å²) in [5.74, 6) is 0. The number of nitrogens with one attached hydrogen (secondary N) is 2. The number of hydrogen-bond donors (Lipinski definition) is 2. The molecule has 2 aromatic heterocycles. The molecule has 0 fully saturated rings. The Kier molecular flexibility index (Phi) is 2.23. The Morgan fingerprint density at radius 2 is 1.60 bits per heavy atom. The minimum atomic E-state index is -0.336. The molecule has 0 amide bonds. The van der Waals surface area contributed by atoms with E-state index in [4.69, 9.17) is 0 Å². The Morgan fingerprint density at radius 3 is 2.45 bits per heavy atom. The topological polar surface area (TPSA) is 61.5 Å². The summed E-state index contributed by atoms with van der Waals surface area (Å²) in [5, 5.41) is 2.03. The van der Waals surface area contributed by atoms with Gasteiger partial charge in [0, 0.05) is 16.3 Å². The number of benzene rings is 2. The third kappa shape index (κ3) is 1.62. The van der Waals surface area contributed by atoms with Gasteiger partial charge in [-0.1, -0.05) is 36.4 Å². The van der Waals surface area contributed by atoms with Crippen molar-refractivity contribution in [1.29, 1.82) is 0 Å². The maximum Gasteiger partial charge on any atom is 0.346 e. The van der Waals surface area contributed by atoms with E-state index in [1.165, 1.54) is 0 Å². The first-order valence-electron chi connectivity index (χ1n) is 6.38. The Bertz CT molecular complexity index is 949. The maximum absolute atomic E-state index is 11.7. The zero-order valence-electron chi connectivity index (χ0n) is 10.6. The van der Waals surface area contributed by atoms with Crippen LogP contribution in [0, 0.1) is 0 Å². The number of aromatic amines is 2. The van der Waals surface area contributed by atoms with Crippen LogP contribution < -0.4 is 5.69 Å². The molecular weight excluding hydrogens is 250 g/mol. The molecule has 0 spiro atoms. The van der Waals surface area contributed by atoms with Crippen LogP contribution in [0.4, 0.5) is 0 Å². The van der Waals surface area contributed by atoms with Gasteiger partial charge in [-0.15, -0.1) is 0 Å². The van der Waals surface area contributed by atoms with E-state index < -0.39 is 0 Å². The fraction of sp³-hybridized carbons (Fsp3) is 0. The second-order valence-electron chi connectivity index (χ2n) is 4.71. The summed E-state index contributed by atoms with van der Waals surface area (Å²) in [6, 6.07) is 17.7. The summed E-state index contributed by atoms with van der Waals surface area (Å²) in [6.45, 7) is 0. The molecule has 0 radical (unpaired) electrons. The first-order chi connectivity index (χ1) is 9.81. The third-order valence-electron chi connectivity index (χ3n) is 3.42. The predicted molar refractivity (Wildman–Crippen MR) is 79.7 cm³/mol. The molecule has 0 saturated heterocycles. The molecule has 2 heterocycles. The monoisotopic (exact) mass is 261 g/mol. The van der Waals surface area contributed by atoms with Crippen LogP contribution in [0.2, 0.25) is 0 Å². The lowest BCUT2D eigenvalue weighted by Crippen LogP contribution is -2.11. The molecule has 0 aliphatic heterocycles. The molecule has 0 aliphatic rings. The number of rotatable bonds is 1. The van der Waals surface area contributed by atoms with E-state index in [0.29, 0.717) is 5.69 Å². The molecule has 4 heteroatoms. The molecule has 2 N–H and O–H groups in total. The predicted octanol–water partition coefficient (Wildman–Crippen LogP) is 3.07. The van der Waals surface area contributed by atoms with Gasteiger partial charge >= 0.3 is 5.69 Å². The molecule has 2 aromatic carbocycles. The molecule has 4 aromatic rings. The zero-order chi connectivity index (χ0) is 13.5. The summed E-state index contributed by atoms with van der Waals surface area (Å²) >= 11 is 0. The quantitative estimate of drug-likeness (QED) is 0.553. The van der Waals surface area contributed by atoms with E-state index in [9.17, 15) is 4.79 Å². The minimum absolute atomic E-state index is 0.336. The molecule has 0 unspecified atom stereocenters. The van der Waals surface area contributed by atoms with Gasteiger partial charge in [0.05, 0.1) is 11.2 Å². The highest BCUT2D eigenvalue weighted by molar-refractivity contribution is 5.94. The lowest BCUT2D eigenvalue weighted by Gasteiger charge is -2.02. The Labute approximate surface area is 114 Å². The molecule has 0 saturated carbocycles. The van der Waals surface area contributed by atoms with Crippen molar-refractivity contribution in [1.82, 2.24) is 15.0 Å². The molecule has 0 bridgehead atoms. The van der Waals surface area contributed by atoms with Crippen molar-refractivity contribution >= 4 is 21.8 Å². The van der Waals surface area contributed by atoms with E-state index in [1.807, 2.05) is 54.6 Å². The minimum Gasteiger partial charge on any atom is -0.353 e. The normalized spacial score (nSPS) is 11.2. The van der Waals surface area contributed by atoms with Crippen LogP contribution >= 0.6 is 0 Å². The van der Waals surface area contributed by atoms with Crippen molar-refractivity contribution in [2.24, 2.45) is 0 Å². The van der Waals surface area contributed by atoms with Crippen LogP contribution in [-0.4, -0.2) is 15.0 Å². The smallest absolute Gasteiger partial charge is 0.346 e. The number of H-pyrrole nitrogens is 2. The second-order valence-corrected chi connectivity index (χ2v) is 4.71. The van der Waals surface area contributed by atoms with Crippen molar-refractivity contribution in [2.75, 3.05) is 0 Å². The summed E-state index contributed by atoms with van der Waals surface area (Å²) in [6.07, 6.45) is 0. The Morgan fingerprint density at radius 1 is 0.850 bits per heavy atom. The lowest BCUT2D eigenvalue weighted by molar-refractivity contribution is 1.12.